The topological polar surface area (TPSA) is 76.7 Å². The Morgan fingerprint density at radius 3 is 2.41 bits per heavy atom. The second-order valence-corrected chi connectivity index (χ2v) is 7.24. The van der Waals surface area contributed by atoms with Crippen molar-refractivity contribution in [3.8, 4) is 11.5 Å². The minimum absolute atomic E-state index is 0.122. The van der Waals surface area contributed by atoms with Gasteiger partial charge in [-0.1, -0.05) is 43.7 Å². The third kappa shape index (κ3) is 5.60. The number of nitrogens with one attached hydrogen (secondary N) is 2. The van der Waals surface area contributed by atoms with Crippen molar-refractivity contribution >= 4 is 23.1 Å². The summed E-state index contributed by atoms with van der Waals surface area (Å²) < 4.78 is 11.0. The summed E-state index contributed by atoms with van der Waals surface area (Å²) in [5.74, 6) is 0.817. The van der Waals surface area contributed by atoms with Crippen LogP contribution in [0.2, 0.25) is 0 Å². The van der Waals surface area contributed by atoms with Gasteiger partial charge in [0.2, 0.25) is 11.8 Å². The van der Waals surface area contributed by atoms with E-state index < -0.39 is 0 Å². The van der Waals surface area contributed by atoms with Crippen LogP contribution in [0.1, 0.15) is 25.0 Å². The van der Waals surface area contributed by atoms with Gasteiger partial charge in [-0.25, -0.2) is 0 Å². The molecule has 29 heavy (non-hydrogen) atoms. The van der Waals surface area contributed by atoms with Crippen LogP contribution in [0.15, 0.2) is 48.5 Å². The number of anilines is 1. The number of hydrogen-bond acceptors (Lipinski definition) is 4. The van der Waals surface area contributed by atoms with Crippen LogP contribution in [-0.2, 0) is 9.59 Å². The molecule has 1 heterocycles. The van der Waals surface area contributed by atoms with E-state index >= 15 is 0 Å². The van der Waals surface area contributed by atoms with Crippen LogP contribution in [0.25, 0.3) is 5.57 Å². The van der Waals surface area contributed by atoms with Crippen molar-refractivity contribution in [1.29, 1.82) is 0 Å². The minimum atomic E-state index is -0.315. The number of rotatable bonds is 6. The Bertz CT molecular complexity index is 917. The molecule has 2 N–H and O–H groups in total. The normalized spacial score (nSPS) is 13.2. The molecule has 1 aliphatic heterocycles. The first kappa shape index (κ1) is 20.5. The molecule has 2 aromatic rings. The average Bonchev–Trinajstić information content (AvgIpc) is 2.71. The number of carbonyl (C=O) groups excluding carboxylic acids is 2. The van der Waals surface area contributed by atoms with Gasteiger partial charge in [-0.2, -0.15) is 0 Å². The van der Waals surface area contributed by atoms with Crippen molar-refractivity contribution in [3.05, 3.63) is 59.7 Å². The Labute approximate surface area is 170 Å². The van der Waals surface area contributed by atoms with Crippen LogP contribution in [0.5, 0.6) is 11.5 Å². The molecular weight excluding hydrogens is 368 g/mol. The summed E-state index contributed by atoms with van der Waals surface area (Å²) in [6, 6.07) is 13.2. The van der Waals surface area contributed by atoms with Crippen LogP contribution in [0, 0.1) is 12.8 Å². The Balaban J connectivity index is 1.58. The van der Waals surface area contributed by atoms with E-state index in [1.807, 2.05) is 45.0 Å². The number of hydrogen-bond donors (Lipinski definition) is 2. The van der Waals surface area contributed by atoms with Crippen LogP contribution >= 0.6 is 0 Å². The van der Waals surface area contributed by atoms with Gasteiger partial charge in [-0.15, -0.1) is 0 Å². The fourth-order valence-electron chi connectivity index (χ4n) is 3.02. The van der Waals surface area contributed by atoms with Crippen LogP contribution < -0.4 is 20.1 Å². The van der Waals surface area contributed by atoms with E-state index in [-0.39, 0.29) is 24.3 Å². The van der Waals surface area contributed by atoms with Crippen molar-refractivity contribution in [3.63, 3.8) is 0 Å². The van der Waals surface area contributed by atoms with E-state index in [1.165, 1.54) is 0 Å². The molecule has 3 rings (SSSR count). The van der Waals surface area contributed by atoms with Gasteiger partial charge in [0, 0.05) is 17.8 Å². The van der Waals surface area contributed by atoms with E-state index in [0.717, 1.165) is 16.7 Å². The minimum Gasteiger partial charge on any atom is -0.486 e. The van der Waals surface area contributed by atoms with E-state index in [0.29, 0.717) is 30.4 Å². The highest BCUT2D eigenvalue weighted by atomic mass is 16.6. The molecule has 0 saturated heterocycles. The number of fused-ring (bicyclic) bond motifs is 1. The average molecular weight is 394 g/mol. The summed E-state index contributed by atoms with van der Waals surface area (Å²) in [4.78, 5) is 24.5. The highest BCUT2D eigenvalue weighted by Gasteiger charge is 2.14. The molecule has 6 nitrogen and oxygen atoms in total. The largest absolute Gasteiger partial charge is 0.486 e. The zero-order valence-electron chi connectivity index (χ0n) is 17.0. The summed E-state index contributed by atoms with van der Waals surface area (Å²) in [7, 11) is 0. The Hall–Kier alpha value is -3.28. The number of allylic oxidation sites excluding steroid dienone is 1. The van der Waals surface area contributed by atoms with Gasteiger partial charge in [0.1, 0.15) is 13.2 Å². The molecule has 152 valence electrons. The maximum Gasteiger partial charge on any atom is 0.244 e. The van der Waals surface area contributed by atoms with Crippen molar-refractivity contribution in [2.45, 2.75) is 20.8 Å². The van der Waals surface area contributed by atoms with Crippen molar-refractivity contribution in [2.75, 3.05) is 25.1 Å². The first-order valence-corrected chi connectivity index (χ1v) is 9.68. The summed E-state index contributed by atoms with van der Waals surface area (Å²) >= 11 is 0. The highest BCUT2D eigenvalue weighted by Crippen LogP contribution is 2.32. The van der Waals surface area contributed by atoms with Crippen molar-refractivity contribution < 1.29 is 19.1 Å². The first-order chi connectivity index (χ1) is 13.9. The van der Waals surface area contributed by atoms with Crippen molar-refractivity contribution in [1.82, 2.24) is 5.32 Å². The second-order valence-electron chi connectivity index (χ2n) is 7.24. The molecule has 2 aromatic carbocycles. The maximum atomic E-state index is 12.3. The molecule has 0 radical (unpaired) electrons. The quantitative estimate of drug-likeness (QED) is 0.735. The SMILES string of the molecule is Cc1ccc(/C(=C/C(=O)NCC(=O)Nc2ccc3c(c2)OCCO3)C(C)C)cc1. The lowest BCUT2D eigenvalue weighted by Crippen LogP contribution is -2.32. The van der Waals surface area contributed by atoms with Crippen LogP contribution in [0.3, 0.4) is 0 Å². The lowest BCUT2D eigenvalue weighted by Gasteiger charge is -2.19. The van der Waals surface area contributed by atoms with Crippen molar-refractivity contribution in [2.24, 2.45) is 5.92 Å². The molecule has 0 bridgehead atoms. The van der Waals surface area contributed by atoms with Gasteiger partial charge in [0.15, 0.2) is 11.5 Å². The Kier molecular flexibility index (Phi) is 6.54. The molecule has 0 aromatic heterocycles. The number of amides is 2. The van der Waals surface area contributed by atoms with Crippen LogP contribution in [0.4, 0.5) is 5.69 Å². The number of aryl methyl sites for hydroxylation is 1. The molecule has 1 aliphatic rings. The smallest absolute Gasteiger partial charge is 0.244 e. The first-order valence-electron chi connectivity index (χ1n) is 9.68. The molecule has 0 aliphatic carbocycles. The van der Waals surface area contributed by atoms with Gasteiger partial charge in [0.25, 0.3) is 0 Å². The van der Waals surface area contributed by atoms with Gasteiger partial charge in [0.05, 0.1) is 6.54 Å². The summed E-state index contributed by atoms with van der Waals surface area (Å²) in [6.07, 6.45) is 1.56. The lowest BCUT2D eigenvalue weighted by molar-refractivity contribution is -0.121. The summed E-state index contributed by atoms with van der Waals surface area (Å²) in [6.45, 7) is 6.96. The molecule has 0 unspecified atom stereocenters. The fraction of sp³-hybridized carbons (Fsp3) is 0.304. The third-order valence-corrected chi connectivity index (χ3v) is 4.54. The number of ether oxygens (including phenoxy) is 2. The number of carbonyl (C=O) groups is 2. The standard InChI is InChI=1S/C23H26N2O4/c1-15(2)19(17-6-4-16(3)5-7-17)13-22(26)24-14-23(27)25-18-8-9-20-21(12-18)29-11-10-28-20/h4-9,12-13,15H,10-11,14H2,1-3H3,(H,24,26)(H,25,27)/b19-13+. The predicted octanol–water partition coefficient (Wildman–Crippen LogP) is 3.56. The predicted molar refractivity (Wildman–Crippen MR) is 113 cm³/mol. The zero-order chi connectivity index (χ0) is 20.8. The second kappa shape index (κ2) is 9.28. The van der Waals surface area contributed by atoms with E-state index in [2.05, 4.69) is 10.6 Å². The Morgan fingerprint density at radius 2 is 1.72 bits per heavy atom. The lowest BCUT2D eigenvalue weighted by atomic mass is 9.94. The molecule has 2 amide bonds. The van der Waals surface area contributed by atoms with Gasteiger partial charge in [-0.05, 0) is 36.1 Å². The molecule has 0 spiro atoms. The molecule has 0 saturated carbocycles. The fourth-order valence-corrected chi connectivity index (χ4v) is 3.02. The molecule has 6 heteroatoms. The van der Waals surface area contributed by atoms with E-state index in [9.17, 15) is 9.59 Å². The molecule has 0 atom stereocenters. The van der Waals surface area contributed by atoms with E-state index in [1.54, 1.807) is 24.3 Å². The van der Waals surface area contributed by atoms with E-state index in [4.69, 9.17) is 9.47 Å². The summed E-state index contributed by atoms with van der Waals surface area (Å²) in [5, 5.41) is 5.40. The molecular formula is C23H26N2O4. The van der Waals surface area contributed by atoms with Gasteiger partial charge < -0.3 is 20.1 Å². The number of benzene rings is 2. The molecule has 0 fully saturated rings. The third-order valence-electron chi connectivity index (χ3n) is 4.54. The Morgan fingerprint density at radius 1 is 1.03 bits per heavy atom. The van der Waals surface area contributed by atoms with Crippen LogP contribution in [-0.4, -0.2) is 31.6 Å². The summed E-state index contributed by atoms with van der Waals surface area (Å²) in [5.41, 5.74) is 3.68. The zero-order valence-corrected chi connectivity index (χ0v) is 17.0. The monoisotopic (exact) mass is 394 g/mol. The van der Waals surface area contributed by atoms with Gasteiger partial charge >= 0.3 is 0 Å². The highest BCUT2D eigenvalue weighted by molar-refractivity contribution is 5.99. The van der Waals surface area contributed by atoms with Gasteiger partial charge in [-0.3, -0.25) is 9.59 Å². The maximum absolute atomic E-state index is 12.3.